The highest BCUT2D eigenvalue weighted by Crippen LogP contribution is 2.21. The molecule has 0 saturated heterocycles. The van der Waals surface area contributed by atoms with E-state index in [1.165, 1.54) is 12.1 Å². The second kappa shape index (κ2) is 9.82. The fourth-order valence-corrected chi connectivity index (χ4v) is 3.02. The Kier molecular flexibility index (Phi) is 6.94. The maximum atomic E-state index is 13.0. The van der Waals surface area contributed by atoms with Crippen LogP contribution in [0, 0.1) is 5.82 Å². The highest BCUT2D eigenvalue weighted by Gasteiger charge is 2.13. The summed E-state index contributed by atoms with van der Waals surface area (Å²) in [7, 11) is 0. The lowest BCUT2D eigenvalue weighted by Gasteiger charge is -2.24. The van der Waals surface area contributed by atoms with Gasteiger partial charge in [0, 0.05) is 36.3 Å². The molecule has 0 aliphatic heterocycles. The van der Waals surface area contributed by atoms with Crippen LogP contribution < -0.4 is 4.90 Å². The highest BCUT2D eigenvalue weighted by molar-refractivity contribution is 5.70. The van der Waals surface area contributed by atoms with Crippen LogP contribution in [0.5, 0.6) is 0 Å². The number of nitrogens with zero attached hydrogens (tertiary/aromatic N) is 3. The van der Waals surface area contributed by atoms with Gasteiger partial charge in [0.15, 0.2) is 0 Å². The molecule has 0 atom stereocenters. The van der Waals surface area contributed by atoms with Crippen molar-refractivity contribution in [3.63, 3.8) is 0 Å². The smallest absolute Gasteiger partial charge is 0.306 e. The van der Waals surface area contributed by atoms with Crippen LogP contribution in [0.2, 0.25) is 0 Å². The van der Waals surface area contributed by atoms with Gasteiger partial charge in [0.05, 0.1) is 6.42 Å². The maximum Gasteiger partial charge on any atom is 0.306 e. The van der Waals surface area contributed by atoms with Crippen molar-refractivity contribution in [2.24, 2.45) is 0 Å². The quantitative estimate of drug-likeness (QED) is 0.499. The van der Waals surface area contributed by atoms with Gasteiger partial charge in [0.1, 0.15) is 12.4 Å². The second-order valence-electron chi connectivity index (χ2n) is 6.48. The fourth-order valence-electron chi connectivity index (χ4n) is 3.02. The van der Waals surface area contributed by atoms with Crippen LogP contribution in [-0.4, -0.2) is 29.2 Å². The van der Waals surface area contributed by atoms with Crippen molar-refractivity contribution in [3.05, 3.63) is 65.8 Å². The molecule has 0 saturated carbocycles. The Labute approximate surface area is 169 Å². The van der Waals surface area contributed by atoms with Crippen molar-refractivity contribution in [3.8, 4) is 11.4 Å². The number of esters is 1. The number of hydrogen-bond donors (Lipinski definition) is 0. The van der Waals surface area contributed by atoms with Crippen LogP contribution >= 0.6 is 0 Å². The molecule has 29 heavy (non-hydrogen) atoms. The Morgan fingerprint density at radius 1 is 1.10 bits per heavy atom. The minimum atomic E-state index is -0.333. The fraction of sp³-hybridized carbons (Fsp3) is 0.318. The van der Waals surface area contributed by atoms with E-state index in [0.29, 0.717) is 17.3 Å². The van der Waals surface area contributed by atoms with E-state index in [-0.39, 0.29) is 31.2 Å². The van der Waals surface area contributed by atoms with Crippen LogP contribution in [0.3, 0.4) is 0 Å². The molecular weight excluding hydrogens is 373 g/mol. The van der Waals surface area contributed by atoms with E-state index in [1.807, 2.05) is 24.3 Å². The first kappa shape index (κ1) is 20.5. The van der Waals surface area contributed by atoms with Gasteiger partial charge in [-0.05, 0) is 44.2 Å². The Morgan fingerprint density at radius 2 is 1.83 bits per heavy atom. The molecule has 0 unspecified atom stereocenters. The van der Waals surface area contributed by atoms with E-state index in [2.05, 4.69) is 28.9 Å². The van der Waals surface area contributed by atoms with Crippen LogP contribution in [0.1, 0.15) is 31.7 Å². The Morgan fingerprint density at radius 3 is 2.55 bits per heavy atom. The highest BCUT2D eigenvalue weighted by atomic mass is 19.1. The predicted molar refractivity (Wildman–Crippen MR) is 108 cm³/mol. The van der Waals surface area contributed by atoms with E-state index in [0.717, 1.165) is 24.3 Å². The number of rotatable bonds is 9. The molecule has 0 aliphatic carbocycles. The summed E-state index contributed by atoms with van der Waals surface area (Å²) in [5.41, 5.74) is 2.70. The molecule has 0 N–H and O–H groups in total. The molecule has 1 aromatic heterocycles. The lowest BCUT2D eigenvalue weighted by molar-refractivity contribution is -0.145. The van der Waals surface area contributed by atoms with Crippen molar-refractivity contribution in [2.75, 3.05) is 18.0 Å². The third-order valence-electron chi connectivity index (χ3n) is 4.60. The molecule has 3 aromatic rings. The van der Waals surface area contributed by atoms with Crippen LogP contribution in [0.15, 0.2) is 53.1 Å². The van der Waals surface area contributed by atoms with Crippen molar-refractivity contribution in [2.45, 2.75) is 33.3 Å². The summed E-state index contributed by atoms with van der Waals surface area (Å²) >= 11 is 0. The lowest BCUT2D eigenvalue weighted by atomic mass is 10.1. The zero-order valence-electron chi connectivity index (χ0n) is 16.6. The zero-order valence-corrected chi connectivity index (χ0v) is 16.6. The van der Waals surface area contributed by atoms with Gasteiger partial charge in [-0.3, -0.25) is 4.79 Å². The molecule has 0 fully saturated rings. The molecule has 0 spiro atoms. The van der Waals surface area contributed by atoms with Crippen LogP contribution in [-0.2, 0) is 22.6 Å². The van der Waals surface area contributed by atoms with Gasteiger partial charge >= 0.3 is 5.97 Å². The number of carbonyl (C=O) groups excluding carboxylic acids is 1. The Balaban J connectivity index is 1.53. The number of halogens is 1. The van der Waals surface area contributed by atoms with Gasteiger partial charge in [0.2, 0.25) is 11.7 Å². The normalized spacial score (nSPS) is 10.7. The third kappa shape index (κ3) is 5.40. The van der Waals surface area contributed by atoms with Crippen molar-refractivity contribution in [1.82, 2.24) is 10.1 Å². The number of benzene rings is 2. The van der Waals surface area contributed by atoms with E-state index in [1.54, 1.807) is 12.1 Å². The van der Waals surface area contributed by atoms with Gasteiger partial charge in [0.25, 0.3) is 0 Å². The molecule has 152 valence electrons. The summed E-state index contributed by atoms with van der Waals surface area (Å²) in [5, 5.41) is 3.87. The van der Waals surface area contributed by atoms with Crippen molar-refractivity contribution < 1.29 is 18.4 Å². The maximum absolute atomic E-state index is 13.0. The van der Waals surface area contributed by atoms with E-state index < -0.39 is 0 Å². The summed E-state index contributed by atoms with van der Waals surface area (Å²) in [6.45, 7) is 6.17. The van der Waals surface area contributed by atoms with Crippen molar-refractivity contribution in [1.29, 1.82) is 0 Å². The monoisotopic (exact) mass is 397 g/mol. The SMILES string of the molecule is CCN(CC)c1ccccc1COC(=O)CCc1nc(-c2ccc(F)cc2)no1. The summed E-state index contributed by atoms with van der Waals surface area (Å²) in [5.74, 6) is 0.0370. The van der Waals surface area contributed by atoms with E-state index >= 15 is 0 Å². The lowest BCUT2D eigenvalue weighted by Crippen LogP contribution is -2.23. The van der Waals surface area contributed by atoms with Gasteiger partial charge < -0.3 is 14.2 Å². The van der Waals surface area contributed by atoms with Gasteiger partial charge in [-0.1, -0.05) is 23.4 Å². The summed E-state index contributed by atoms with van der Waals surface area (Å²) < 4.78 is 23.6. The van der Waals surface area contributed by atoms with E-state index in [9.17, 15) is 9.18 Å². The first-order valence-electron chi connectivity index (χ1n) is 9.67. The molecule has 1 heterocycles. The van der Waals surface area contributed by atoms with Gasteiger partial charge in [-0.25, -0.2) is 4.39 Å². The predicted octanol–water partition coefficient (Wildman–Crippen LogP) is 4.40. The largest absolute Gasteiger partial charge is 0.461 e. The average molecular weight is 397 g/mol. The molecule has 0 bridgehead atoms. The summed E-state index contributed by atoms with van der Waals surface area (Å²) in [4.78, 5) is 18.6. The number of anilines is 1. The van der Waals surface area contributed by atoms with Crippen LogP contribution in [0.25, 0.3) is 11.4 Å². The first-order valence-corrected chi connectivity index (χ1v) is 9.67. The van der Waals surface area contributed by atoms with Gasteiger partial charge in [-0.15, -0.1) is 0 Å². The van der Waals surface area contributed by atoms with Crippen molar-refractivity contribution >= 4 is 11.7 Å². The second-order valence-corrected chi connectivity index (χ2v) is 6.48. The molecular formula is C22H24FN3O3. The Bertz CT molecular complexity index is 936. The zero-order chi connectivity index (χ0) is 20.6. The molecule has 6 nitrogen and oxygen atoms in total. The standard InChI is InChI=1S/C22H24FN3O3/c1-3-26(4-2)19-8-6-5-7-17(19)15-28-21(27)14-13-20-24-22(25-29-20)16-9-11-18(23)12-10-16/h5-12H,3-4,13-15H2,1-2H3. The molecule has 7 heteroatoms. The van der Waals surface area contributed by atoms with E-state index in [4.69, 9.17) is 9.26 Å². The topological polar surface area (TPSA) is 68.5 Å². The summed E-state index contributed by atoms with van der Waals surface area (Å²) in [6, 6.07) is 13.7. The van der Waals surface area contributed by atoms with Crippen LogP contribution in [0.4, 0.5) is 10.1 Å². The minimum absolute atomic E-state index is 0.137. The minimum Gasteiger partial charge on any atom is -0.461 e. The Hall–Kier alpha value is -3.22. The molecule has 3 rings (SSSR count). The third-order valence-corrected chi connectivity index (χ3v) is 4.60. The number of carbonyl (C=O) groups is 1. The number of hydrogen-bond acceptors (Lipinski definition) is 6. The molecule has 0 amide bonds. The average Bonchev–Trinajstić information content (AvgIpc) is 3.22. The number of aromatic nitrogens is 2. The number of aryl methyl sites for hydroxylation is 1. The summed E-state index contributed by atoms with van der Waals surface area (Å²) in [6.07, 6.45) is 0.420. The molecule has 2 aromatic carbocycles. The molecule has 0 radical (unpaired) electrons. The van der Waals surface area contributed by atoms with Gasteiger partial charge in [-0.2, -0.15) is 4.98 Å². The molecule has 0 aliphatic rings. The number of para-hydroxylation sites is 1. The first-order chi connectivity index (χ1) is 14.1. The number of ether oxygens (including phenoxy) is 1.